The van der Waals surface area contributed by atoms with Crippen LogP contribution in [0.5, 0.6) is 5.75 Å². The number of ether oxygens (including phenoxy) is 1. The molecule has 0 aliphatic rings. The Bertz CT molecular complexity index is 505. The average molecular weight is 276 g/mol. The molecule has 0 saturated heterocycles. The standard InChI is InChI=1S/C14H16N2O4/c1-20-14(19)12(4-2-3-9-15)16-13(18)10-5-7-11(17)8-6-10/h5-8,12,17H,2-4H2,1H3,(H,16,18)/t12-/m1/s1. The number of phenols is 1. The van der Waals surface area contributed by atoms with Crippen molar-refractivity contribution in [3.05, 3.63) is 29.8 Å². The van der Waals surface area contributed by atoms with Crippen LogP contribution in [0.2, 0.25) is 0 Å². The molecule has 106 valence electrons. The molecule has 6 nitrogen and oxygen atoms in total. The molecule has 0 saturated carbocycles. The molecule has 0 fully saturated rings. The first-order chi connectivity index (χ1) is 9.58. The Morgan fingerprint density at radius 1 is 1.40 bits per heavy atom. The van der Waals surface area contributed by atoms with Gasteiger partial charge in [0.25, 0.3) is 5.91 Å². The van der Waals surface area contributed by atoms with Crippen LogP contribution in [-0.2, 0) is 9.53 Å². The molecule has 1 aromatic carbocycles. The van der Waals surface area contributed by atoms with E-state index in [0.29, 0.717) is 24.8 Å². The number of nitriles is 1. The minimum absolute atomic E-state index is 0.0556. The molecule has 0 aliphatic carbocycles. The Morgan fingerprint density at radius 3 is 2.60 bits per heavy atom. The van der Waals surface area contributed by atoms with Crippen LogP contribution in [0, 0.1) is 11.3 Å². The third-order valence-electron chi connectivity index (χ3n) is 2.70. The van der Waals surface area contributed by atoms with Gasteiger partial charge in [0.15, 0.2) is 0 Å². The molecule has 0 bridgehead atoms. The third-order valence-corrected chi connectivity index (χ3v) is 2.70. The summed E-state index contributed by atoms with van der Waals surface area (Å²) in [6.45, 7) is 0. The molecular weight excluding hydrogens is 260 g/mol. The highest BCUT2D eigenvalue weighted by Crippen LogP contribution is 2.10. The number of esters is 1. The van der Waals surface area contributed by atoms with Crippen LogP contribution in [0.25, 0.3) is 0 Å². The summed E-state index contributed by atoms with van der Waals surface area (Å²) in [5.41, 5.74) is 0.331. The maximum absolute atomic E-state index is 12.0. The summed E-state index contributed by atoms with van der Waals surface area (Å²) in [5, 5.41) is 20.2. The number of carbonyl (C=O) groups is 2. The molecule has 1 amide bonds. The summed E-state index contributed by atoms with van der Waals surface area (Å²) >= 11 is 0. The number of phenolic OH excluding ortho intramolecular Hbond substituents is 1. The molecule has 1 aromatic rings. The normalized spacial score (nSPS) is 11.2. The van der Waals surface area contributed by atoms with Crippen molar-refractivity contribution < 1.29 is 19.4 Å². The van der Waals surface area contributed by atoms with E-state index in [1.807, 2.05) is 6.07 Å². The molecule has 20 heavy (non-hydrogen) atoms. The number of nitrogens with one attached hydrogen (secondary N) is 1. The topological polar surface area (TPSA) is 99.4 Å². The number of benzene rings is 1. The number of nitrogens with zero attached hydrogens (tertiary/aromatic N) is 1. The lowest BCUT2D eigenvalue weighted by Crippen LogP contribution is -2.41. The maximum atomic E-state index is 12.0. The first-order valence-electron chi connectivity index (χ1n) is 6.13. The molecule has 1 atom stereocenters. The van der Waals surface area contributed by atoms with Crippen molar-refractivity contribution in [2.24, 2.45) is 0 Å². The van der Waals surface area contributed by atoms with Gasteiger partial charge in [-0.1, -0.05) is 0 Å². The summed E-state index contributed by atoms with van der Waals surface area (Å²) in [7, 11) is 1.24. The van der Waals surface area contributed by atoms with Crippen LogP contribution in [0.15, 0.2) is 24.3 Å². The predicted octanol–water partition coefficient (Wildman–Crippen LogP) is 1.36. The zero-order valence-corrected chi connectivity index (χ0v) is 11.1. The van der Waals surface area contributed by atoms with Gasteiger partial charge in [-0.15, -0.1) is 0 Å². The van der Waals surface area contributed by atoms with Gasteiger partial charge in [-0.3, -0.25) is 4.79 Å². The molecule has 0 radical (unpaired) electrons. The highest BCUT2D eigenvalue weighted by molar-refractivity contribution is 5.96. The Labute approximate surface area is 117 Å². The lowest BCUT2D eigenvalue weighted by Gasteiger charge is -2.15. The van der Waals surface area contributed by atoms with Crippen LogP contribution in [0.4, 0.5) is 0 Å². The van der Waals surface area contributed by atoms with E-state index in [4.69, 9.17) is 10.4 Å². The van der Waals surface area contributed by atoms with E-state index in [0.717, 1.165) is 0 Å². The van der Waals surface area contributed by atoms with Crippen LogP contribution in [0.1, 0.15) is 29.6 Å². The second-order valence-corrected chi connectivity index (χ2v) is 4.15. The smallest absolute Gasteiger partial charge is 0.328 e. The second-order valence-electron chi connectivity index (χ2n) is 4.15. The van der Waals surface area contributed by atoms with Gasteiger partial charge in [-0.2, -0.15) is 5.26 Å². The molecular formula is C14H16N2O4. The first-order valence-corrected chi connectivity index (χ1v) is 6.13. The monoisotopic (exact) mass is 276 g/mol. The van der Waals surface area contributed by atoms with Gasteiger partial charge in [0, 0.05) is 12.0 Å². The molecule has 0 aliphatic heterocycles. The highest BCUT2D eigenvalue weighted by Gasteiger charge is 2.21. The Morgan fingerprint density at radius 2 is 2.05 bits per heavy atom. The van der Waals surface area contributed by atoms with E-state index >= 15 is 0 Å². The van der Waals surface area contributed by atoms with Crippen molar-refractivity contribution in [2.75, 3.05) is 7.11 Å². The number of carbonyl (C=O) groups excluding carboxylic acids is 2. The summed E-state index contributed by atoms with van der Waals surface area (Å²) in [5.74, 6) is -0.924. The number of aromatic hydroxyl groups is 1. The van der Waals surface area contributed by atoms with Crippen LogP contribution < -0.4 is 5.32 Å². The number of rotatable bonds is 6. The van der Waals surface area contributed by atoms with Crippen molar-refractivity contribution in [3.8, 4) is 11.8 Å². The Hall–Kier alpha value is -2.55. The summed E-state index contributed by atoms with van der Waals surface area (Å²) in [6.07, 6.45) is 1.14. The number of amides is 1. The fourth-order valence-corrected chi connectivity index (χ4v) is 1.63. The summed E-state index contributed by atoms with van der Waals surface area (Å²) < 4.78 is 4.62. The molecule has 6 heteroatoms. The minimum atomic E-state index is -0.783. The zero-order valence-electron chi connectivity index (χ0n) is 11.1. The second kappa shape index (κ2) is 7.79. The molecule has 0 heterocycles. The highest BCUT2D eigenvalue weighted by atomic mass is 16.5. The first kappa shape index (κ1) is 15.5. The molecule has 2 N–H and O–H groups in total. The number of hydrogen-bond acceptors (Lipinski definition) is 5. The zero-order chi connectivity index (χ0) is 15.0. The largest absolute Gasteiger partial charge is 0.508 e. The SMILES string of the molecule is COC(=O)[C@@H](CCCC#N)NC(=O)c1ccc(O)cc1. The van der Waals surface area contributed by atoms with E-state index in [9.17, 15) is 9.59 Å². The van der Waals surface area contributed by atoms with Crippen molar-refractivity contribution in [1.82, 2.24) is 5.32 Å². The fraction of sp³-hybridized carbons (Fsp3) is 0.357. The van der Waals surface area contributed by atoms with Crippen LogP contribution >= 0.6 is 0 Å². The summed E-state index contributed by atoms with van der Waals surface area (Å²) in [6, 6.07) is 6.87. The number of unbranched alkanes of at least 4 members (excludes halogenated alkanes) is 1. The molecule has 0 spiro atoms. The predicted molar refractivity (Wildman–Crippen MR) is 70.8 cm³/mol. The van der Waals surface area contributed by atoms with E-state index in [-0.39, 0.29) is 5.75 Å². The lowest BCUT2D eigenvalue weighted by molar-refractivity contribution is -0.143. The van der Waals surface area contributed by atoms with Gasteiger partial charge in [-0.25, -0.2) is 4.79 Å². The average Bonchev–Trinajstić information content (AvgIpc) is 2.46. The van der Waals surface area contributed by atoms with Gasteiger partial charge in [0.05, 0.1) is 13.2 Å². The quantitative estimate of drug-likeness (QED) is 0.603. The van der Waals surface area contributed by atoms with Crippen LogP contribution in [0.3, 0.4) is 0 Å². The van der Waals surface area contributed by atoms with E-state index < -0.39 is 17.9 Å². The molecule has 0 unspecified atom stereocenters. The van der Waals surface area contributed by atoms with Gasteiger partial charge >= 0.3 is 5.97 Å². The molecule has 0 aromatic heterocycles. The number of methoxy groups -OCH3 is 1. The lowest BCUT2D eigenvalue weighted by atomic mass is 10.1. The third kappa shape index (κ3) is 4.61. The van der Waals surface area contributed by atoms with Crippen molar-refractivity contribution in [3.63, 3.8) is 0 Å². The number of hydrogen-bond donors (Lipinski definition) is 2. The minimum Gasteiger partial charge on any atom is -0.508 e. The molecule has 1 rings (SSSR count). The van der Waals surface area contributed by atoms with E-state index in [1.165, 1.54) is 31.4 Å². The van der Waals surface area contributed by atoms with Crippen molar-refractivity contribution >= 4 is 11.9 Å². The van der Waals surface area contributed by atoms with E-state index in [1.54, 1.807) is 0 Å². The Balaban J connectivity index is 2.68. The Kier molecular flexibility index (Phi) is 6.04. The van der Waals surface area contributed by atoms with Gasteiger partial charge < -0.3 is 15.2 Å². The van der Waals surface area contributed by atoms with Crippen molar-refractivity contribution in [2.45, 2.75) is 25.3 Å². The van der Waals surface area contributed by atoms with Gasteiger partial charge in [0.1, 0.15) is 11.8 Å². The maximum Gasteiger partial charge on any atom is 0.328 e. The van der Waals surface area contributed by atoms with Crippen LogP contribution in [-0.4, -0.2) is 30.1 Å². The fourth-order valence-electron chi connectivity index (χ4n) is 1.63. The van der Waals surface area contributed by atoms with Gasteiger partial charge in [-0.05, 0) is 37.1 Å². The van der Waals surface area contributed by atoms with Crippen molar-refractivity contribution in [1.29, 1.82) is 5.26 Å². The summed E-state index contributed by atoms with van der Waals surface area (Å²) in [4.78, 5) is 23.5. The van der Waals surface area contributed by atoms with Gasteiger partial charge in [0.2, 0.25) is 0 Å². The van der Waals surface area contributed by atoms with E-state index in [2.05, 4.69) is 10.1 Å².